The maximum absolute atomic E-state index is 12.4. The third kappa shape index (κ3) is 5.27. The van der Waals surface area contributed by atoms with E-state index in [9.17, 15) is 4.79 Å². The summed E-state index contributed by atoms with van der Waals surface area (Å²) in [5, 5.41) is 6.43. The molecule has 1 heterocycles. The number of benzene rings is 1. The van der Waals surface area contributed by atoms with Crippen molar-refractivity contribution in [2.45, 2.75) is 57.6 Å². The zero-order chi connectivity index (χ0) is 17.6. The zero-order valence-electron chi connectivity index (χ0n) is 15.8. The number of hydrogen-bond acceptors (Lipinski definition) is 4. The van der Waals surface area contributed by atoms with E-state index in [-0.39, 0.29) is 30.3 Å². The predicted octanol–water partition coefficient (Wildman–Crippen LogP) is 3.62. The fourth-order valence-corrected chi connectivity index (χ4v) is 3.73. The lowest BCUT2D eigenvalue weighted by Crippen LogP contribution is -2.41. The van der Waals surface area contributed by atoms with E-state index >= 15 is 0 Å². The lowest BCUT2D eigenvalue weighted by molar-refractivity contribution is -0.126. The Hall–Kier alpha value is -1.46. The third-order valence-electron chi connectivity index (χ3n) is 5.31. The van der Waals surface area contributed by atoms with E-state index in [1.165, 1.54) is 12.8 Å². The molecule has 146 valence electrons. The van der Waals surface area contributed by atoms with Gasteiger partial charge in [0.1, 0.15) is 0 Å². The number of piperidine rings is 1. The van der Waals surface area contributed by atoms with Gasteiger partial charge in [-0.2, -0.15) is 0 Å². The van der Waals surface area contributed by atoms with E-state index < -0.39 is 0 Å². The number of hydrogen-bond donors (Lipinski definition) is 2. The first-order valence-corrected chi connectivity index (χ1v) is 9.53. The van der Waals surface area contributed by atoms with Gasteiger partial charge in [0.2, 0.25) is 5.91 Å². The maximum Gasteiger partial charge on any atom is 0.224 e. The summed E-state index contributed by atoms with van der Waals surface area (Å²) in [6.07, 6.45) is 7.04. The van der Waals surface area contributed by atoms with E-state index in [4.69, 9.17) is 9.47 Å². The first-order chi connectivity index (χ1) is 12.2. The summed E-state index contributed by atoms with van der Waals surface area (Å²) < 4.78 is 11.6. The molecule has 0 bridgehead atoms. The molecular weight excluding hydrogens is 352 g/mol. The van der Waals surface area contributed by atoms with Gasteiger partial charge in [-0.25, -0.2) is 0 Å². The molecule has 2 atom stereocenters. The van der Waals surface area contributed by atoms with E-state index in [1.54, 1.807) is 7.11 Å². The second-order valence-electron chi connectivity index (χ2n) is 7.21. The average Bonchev–Trinajstić information content (AvgIpc) is 3.15. The Kier molecular flexibility index (Phi) is 8.04. The lowest BCUT2D eigenvalue weighted by Gasteiger charge is -2.24. The van der Waals surface area contributed by atoms with Crippen molar-refractivity contribution in [3.8, 4) is 11.5 Å². The summed E-state index contributed by atoms with van der Waals surface area (Å²) in [7, 11) is 1.66. The first kappa shape index (κ1) is 20.8. The van der Waals surface area contributed by atoms with Gasteiger partial charge < -0.3 is 20.1 Å². The summed E-state index contributed by atoms with van der Waals surface area (Å²) in [4.78, 5) is 12.4. The number of halogens is 1. The molecule has 2 unspecified atom stereocenters. The number of carbonyl (C=O) groups is 1. The lowest BCUT2D eigenvalue weighted by atomic mass is 9.98. The molecule has 0 radical (unpaired) electrons. The summed E-state index contributed by atoms with van der Waals surface area (Å²) >= 11 is 0. The molecular formula is C20H31ClN2O3. The van der Waals surface area contributed by atoms with Gasteiger partial charge in [0.25, 0.3) is 0 Å². The third-order valence-corrected chi connectivity index (χ3v) is 5.31. The van der Waals surface area contributed by atoms with Gasteiger partial charge in [-0.05, 0) is 69.7 Å². The summed E-state index contributed by atoms with van der Waals surface area (Å²) in [6, 6.07) is 5.92. The van der Waals surface area contributed by atoms with Crippen LogP contribution in [0.25, 0.3) is 0 Å². The highest BCUT2D eigenvalue weighted by molar-refractivity contribution is 5.85. The molecule has 1 amide bonds. The van der Waals surface area contributed by atoms with Crippen molar-refractivity contribution in [3.05, 3.63) is 23.8 Å². The number of ether oxygens (including phenoxy) is 2. The number of nitrogens with one attached hydrogen (secondary N) is 2. The first-order valence-electron chi connectivity index (χ1n) is 9.53. The minimum atomic E-state index is -0.0520. The Bertz CT molecular complexity index is 584. The van der Waals surface area contributed by atoms with Crippen LogP contribution >= 0.6 is 12.4 Å². The van der Waals surface area contributed by atoms with Crippen LogP contribution in [0.1, 0.15) is 57.1 Å². The van der Waals surface area contributed by atoms with Gasteiger partial charge in [-0.3, -0.25) is 4.79 Å². The van der Waals surface area contributed by atoms with Crippen molar-refractivity contribution in [2.24, 2.45) is 5.92 Å². The molecule has 1 aromatic carbocycles. The Morgan fingerprint density at radius 2 is 1.96 bits per heavy atom. The van der Waals surface area contributed by atoms with Crippen molar-refractivity contribution in [2.75, 3.05) is 20.2 Å². The van der Waals surface area contributed by atoms with Gasteiger partial charge in [0, 0.05) is 6.54 Å². The maximum atomic E-state index is 12.4. The molecule has 2 fully saturated rings. The van der Waals surface area contributed by atoms with E-state index in [1.807, 2.05) is 25.1 Å². The van der Waals surface area contributed by atoms with Crippen molar-refractivity contribution in [1.29, 1.82) is 0 Å². The Balaban J connectivity index is 0.00000243. The molecule has 3 rings (SSSR count). The molecule has 1 aromatic rings. The summed E-state index contributed by atoms with van der Waals surface area (Å²) in [6.45, 7) is 3.80. The Morgan fingerprint density at radius 1 is 1.19 bits per heavy atom. The van der Waals surface area contributed by atoms with Crippen LogP contribution in [0, 0.1) is 5.92 Å². The van der Waals surface area contributed by atoms with Gasteiger partial charge in [0.05, 0.1) is 25.2 Å². The SMILES string of the molecule is COc1cc(C(C)NC(=O)C2CCCNC2)ccc1OC1CCCC1.Cl. The highest BCUT2D eigenvalue weighted by atomic mass is 35.5. The smallest absolute Gasteiger partial charge is 0.224 e. The molecule has 0 aromatic heterocycles. The highest BCUT2D eigenvalue weighted by Gasteiger charge is 2.23. The molecule has 2 aliphatic rings. The van der Waals surface area contributed by atoms with Crippen LogP contribution in [-0.4, -0.2) is 32.2 Å². The normalized spacial score (nSPS) is 21.5. The van der Waals surface area contributed by atoms with Crippen molar-refractivity contribution < 1.29 is 14.3 Å². The topological polar surface area (TPSA) is 59.6 Å². The van der Waals surface area contributed by atoms with Crippen LogP contribution in [0.4, 0.5) is 0 Å². The zero-order valence-corrected chi connectivity index (χ0v) is 16.6. The molecule has 2 N–H and O–H groups in total. The fraction of sp³-hybridized carbons (Fsp3) is 0.650. The molecule has 1 saturated heterocycles. The summed E-state index contributed by atoms with van der Waals surface area (Å²) in [5.41, 5.74) is 1.03. The van der Waals surface area contributed by atoms with E-state index in [0.29, 0.717) is 6.10 Å². The van der Waals surface area contributed by atoms with Crippen LogP contribution in [0.3, 0.4) is 0 Å². The predicted molar refractivity (Wildman–Crippen MR) is 105 cm³/mol. The molecule has 6 heteroatoms. The number of rotatable bonds is 6. The van der Waals surface area contributed by atoms with Crippen LogP contribution in [0.15, 0.2) is 18.2 Å². The fourth-order valence-electron chi connectivity index (χ4n) is 3.73. The largest absolute Gasteiger partial charge is 0.493 e. The number of carbonyl (C=O) groups excluding carboxylic acids is 1. The monoisotopic (exact) mass is 382 g/mol. The van der Waals surface area contributed by atoms with Crippen LogP contribution in [0.5, 0.6) is 11.5 Å². The second-order valence-corrected chi connectivity index (χ2v) is 7.21. The standard InChI is InChI=1S/C20H30N2O3.ClH/c1-14(22-20(23)16-6-5-11-21-13-16)15-9-10-18(19(12-15)24-2)25-17-7-3-4-8-17;/h9-10,12,14,16-17,21H,3-8,11,13H2,1-2H3,(H,22,23);1H. The summed E-state index contributed by atoms with van der Waals surface area (Å²) in [5.74, 6) is 1.74. The molecule has 0 spiro atoms. The average molecular weight is 383 g/mol. The Labute approximate surface area is 162 Å². The molecule has 1 aliphatic carbocycles. The molecule has 5 nitrogen and oxygen atoms in total. The quantitative estimate of drug-likeness (QED) is 0.788. The highest BCUT2D eigenvalue weighted by Crippen LogP contribution is 2.33. The minimum absolute atomic E-state index is 0. The number of amides is 1. The van der Waals surface area contributed by atoms with Crippen LogP contribution in [-0.2, 0) is 4.79 Å². The van der Waals surface area contributed by atoms with Gasteiger partial charge in [0.15, 0.2) is 11.5 Å². The van der Waals surface area contributed by atoms with Crippen molar-refractivity contribution in [3.63, 3.8) is 0 Å². The van der Waals surface area contributed by atoms with Crippen LogP contribution in [0.2, 0.25) is 0 Å². The Morgan fingerprint density at radius 3 is 2.62 bits per heavy atom. The number of methoxy groups -OCH3 is 1. The second kappa shape index (κ2) is 10.0. The minimum Gasteiger partial charge on any atom is -0.493 e. The van der Waals surface area contributed by atoms with Gasteiger partial charge >= 0.3 is 0 Å². The molecule has 26 heavy (non-hydrogen) atoms. The van der Waals surface area contributed by atoms with Gasteiger partial charge in [-0.15, -0.1) is 12.4 Å². The molecule has 1 saturated carbocycles. The van der Waals surface area contributed by atoms with Gasteiger partial charge in [-0.1, -0.05) is 6.07 Å². The molecule has 1 aliphatic heterocycles. The van der Waals surface area contributed by atoms with Crippen LogP contribution < -0.4 is 20.1 Å². The van der Waals surface area contributed by atoms with E-state index in [2.05, 4.69) is 10.6 Å². The van der Waals surface area contributed by atoms with Crippen molar-refractivity contribution >= 4 is 18.3 Å². The van der Waals surface area contributed by atoms with E-state index in [0.717, 1.165) is 55.8 Å². The van der Waals surface area contributed by atoms with Crippen molar-refractivity contribution in [1.82, 2.24) is 10.6 Å².